The first-order chi connectivity index (χ1) is 6.26. The van der Waals surface area contributed by atoms with Gasteiger partial charge in [-0.05, 0) is 29.7 Å². The standard InChI is InChI=1S/C11H14BrN/c1-2-9-6-10(4-3-5-13)8-11(12)7-9/h3-4,6-8H,2,5,13H2,1H3/b4-3+. The van der Waals surface area contributed by atoms with Crippen LogP contribution in [0.3, 0.4) is 0 Å². The molecule has 0 saturated heterocycles. The molecule has 13 heavy (non-hydrogen) atoms. The number of nitrogens with two attached hydrogens (primary N) is 1. The van der Waals surface area contributed by atoms with Crippen LogP contribution in [-0.2, 0) is 6.42 Å². The average Bonchev–Trinajstić information content (AvgIpc) is 2.14. The van der Waals surface area contributed by atoms with E-state index in [9.17, 15) is 0 Å². The Morgan fingerprint density at radius 3 is 2.77 bits per heavy atom. The molecule has 1 rings (SSSR count). The Morgan fingerprint density at radius 2 is 2.15 bits per heavy atom. The van der Waals surface area contributed by atoms with Crippen molar-refractivity contribution in [2.75, 3.05) is 6.54 Å². The Balaban J connectivity index is 2.94. The molecule has 2 heteroatoms. The molecule has 0 fully saturated rings. The minimum Gasteiger partial charge on any atom is -0.327 e. The Bertz CT molecular complexity index is 305. The highest BCUT2D eigenvalue weighted by atomic mass is 79.9. The summed E-state index contributed by atoms with van der Waals surface area (Å²) in [6, 6.07) is 6.40. The van der Waals surface area contributed by atoms with Crippen LogP contribution in [0.25, 0.3) is 6.08 Å². The Kier molecular flexibility index (Phi) is 4.19. The van der Waals surface area contributed by atoms with Crippen LogP contribution in [0, 0.1) is 0 Å². The molecule has 70 valence electrons. The maximum atomic E-state index is 5.39. The number of rotatable bonds is 3. The van der Waals surface area contributed by atoms with Crippen LogP contribution in [0.5, 0.6) is 0 Å². The Morgan fingerprint density at radius 1 is 1.38 bits per heavy atom. The molecule has 0 aliphatic rings. The van der Waals surface area contributed by atoms with Gasteiger partial charge >= 0.3 is 0 Å². The van der Waals surface area contributed by atoms with E-state index in [-0.39, 0.29) is 0 Å². The molecule has 1 aromatic rings. The largest absolute Gasteiger partial charge is 0.327 e. The van der Waals surface area contributed by atoms with Gasteiger partial charge in [0, 0.05) is 11.0 Å². The van der Waals surface area contributed by atoms with E-state index in [0.29, 0.717) is 6.54 Å². The predicted octanol–water partition coefficient (Wildman–Crippen LogP) is 2.98. The summed E-state index contributed by atoms with van der Waals surface area (Å²) in [4.78, 5) is 0. The monoisotopic (exact) mass is 239 g/mol. The van der Waals surface area contributed by atoms with Crippen LogP contribution in [0.4, 0.5) is 0 Å². The van der Waals surface area contributed by atoms with E-state index in [1.807, 2.05) is 12.2 Å². The summed E-state index contributed by atoms with van der Waals surface area (Å²) in [5.74, 6) is 0. The summed E-state index contributed by atoms with van der Waals surface area (Å²) in [6.07, 6.45) is 5.06. The molecule has 0 spiro atoms. The minimum atomic E-state index is 0.591. The number of aryl methyl sites for hydroxylation is 1. The molecule has 1 aromatic carbocycles. The summed E-state index contributed by atoms with van der Waals surface area (Å²) >= 11 is 3.48. The van der Waals surface area contributed by atoms with Crippen molar-refractivity contribution < 1.29 is 0 Å². The number of hydrogen-bond donors (Lipinski definition) is 1. The molecule has 0 bridgehead atoms. The summed E-state index contributed by atoms with van der Waals surface area (Å²) in [5, 5.41) is 0. The fourth-order valence-electron chi connectivity index (χ4n) is 1.18. The predicted molar refractivity (Wildman–Crippen MR) is 61.6 cm³/mol. The van der Waals surface area contributed by atoms with Crippen molar-refractivity contribution >= 4 is 22.0 Å². The van der Waals surface area contributed by atoms with Gasteiger partial charge in [0.15, 0.2) is 0 Å². The molecule has 0 saturated carbocycles. The summed E-state index contributed by atoms with van der Waals surface area (Å²) in [7, 11) is 0. The van der Waals surface area contributed by atoms with Gasteiger partial charge in [-0.1, -0.05) is 41.1 Å². The lowest BCUT2D eigenvalue weighted by molar-refractivity contribution is 1.13. The Labute approximate surface area is 87.8 Å². The maximum absolute atomic E-state index is 5.39. The summed E-state index contributed by atoms with van der Waals surface area (Å²) in [6.45, 7) is 2.74. The first kappa shape index (κ1) is 10.5. The minimum absolute atomic E-state index is 0.591. The molecule has 0 amide bonds. The number of benzene rings is 1. The smallest absolute Gasteiger partial charge is 0.0183 e. The van der Waals surface area contributed by atoms with E-state index in [1.54, 1.807) is 0 Å². The third-order valence-corrected chi connectivity index (χ3v) is 2.29. The maximum Gasteiger partial charge on any atom is 0.0183 e. The number of hydrogen-bond acceptors (Lipinski definition) is 1. The summed E-state index contributed by atoms with van der Waals surface area (Å²) < 4.78 is 1.13. The molecule has 0 heterocycles. The lowest BCUT2D eigenvalue weighted by atomic mass is 10.1. The molecule has 0 aliphatic carbocycles. The van der Waals surface area contributed by atoms with Crippen LogP contribution in [0.15, 0.2) is 28.7 Å². The third kappa shape index (κ3) is 3.33. The van der Waals surface area contributed by atoms with Crippen LogP contribution in [0.1, 0.15) is 18.1 Å². The highest BCUT2D eigenvalue weighted by Gasteiger charge is 1.94. The zero-order chi connectivity index (χ0) is 9.68. The van der Waals surface area contributed by atoms with E-state index in [1.165, 1.54) is 11.1 Å². The van der Waals surface area contributed by atoms with Crippen LogP contribution in [0.2, 0.25) is 0 Å². The highest BCUT2D eigenvalue weighted by molar-refractivity contribution is 9.10. The molecule has 0 aromatic heterocycles. The first-order valence-corrected chi connectivity index (χ1v) is 5.21. The molecule has 1 nitrogen and oxygen atoms in total. The second-order valence-electron chi connectivity index (χ2n) is 2.88. The zero-order valence-electron chi connectivity index (χ0n) is 7.76. The van der Waals surface area contributed by atoms with Crippen LogP contribution >= 0.6 is 15.9 Å². The van der Waals surface area contributed by atoms with E-state index >= 15 is 0 Å². The van der Waals surface area contributed by atoms with E-state index < -0.39 is 0 Å². The Hall–Kier alpha value is -0.600. The van der Waals surface area contributed by atoms with E-state index in [4.69, 9.17) is 5.73 Å². The molecule has 0 radical (unpaired) electrons. The molecule has 0 unspecified atom stereocenters. The SMILES string of the molecule is CCc1cc(Br)cc(/C=C/CN)c1. The van der Waals surface area contributed by atoms with Gasteiger partial charge in [0.2, 0.25) is 0 Å². The fraction of sp³-hybridized carbons (Fsp3) is 0.273. The fourth-order valence-corrected chi connectivity index (χ4v) is 1.74. The van der Waals surface area contributed by atoms with Gasteiger partial charge in [-0.25, -0.2) is 0 Å². The topological polar surface area (TPSA) is 26.0 Å². The molecule has 0 atom stereocenters. The third-order valence-electron chi connectivity index (χ3n) is 1.83. The quantitative estimate of drug-likeness (QED) is 0.863. The van der Waals surface area contributed by atoms with Crippen LogP contribution < -0.4 is 5.73 Å². The zero-order valence-corrected chi connectivity index (χ0v) is 9.34. The van der Waals surface area contributed by atoms with Crippen molar-refractivity contribution in [1.82, 2.24) is 0 Å². The lowest BCUT2D eigenvalue weighted by Gasteiger charge is -2.00. The number of halogens is 1. The van der Waals surface area contributed by atoms with Crippen molar-refractivity contribution in [1.29, 1.82) is 0 Å². The normalized spacial score (nSPS) is 11.0. The van der Waals surface area contributed by atoms with Crippen LogP contribution in [-0.4, -0.2) is 6.54 Å². The van der Waals surface area contributed by atoms with Gasteiger partial charge in [0.05, 0.1) is 0 Å². The van der Waals surface area contributed by atoms with Gasteiger partial charge in [0.25, 0.3) is 0 Å². The van der Waals surface area contributed by atoms with Gasteiger partial charge in [-0.15, -0.1) is 0 Å². The summed E-state index contributed by atoms with van der Waals surface area (Å²) in [5.41, 5.74) is 7.93. The van der Waals surface area contributed by atoms with E-state index in [2.05, 4.69) is 41.1 Å². The van der Waals surface area contributed by atoms with Gasteiger partial charge in [-0.2, -0.15) is 0 Å². The van der Waals surface area contributed by atoms with Crippen molar-refractivity contribution in [3.8, 4) is 0 Å². The molecular formula is C11H14BrN. The van der Waals surface area contributed by atoms with E-state index in [0.717, 1.165) is 10.9 Å². The average molecular weight is 240 g/mol. The van der Waals surface area contributed by atoms with Gasteiger partial charge in [-0.3, -0.25) is 0 Å². The highest BCUT2D eigenvalue weighted by Crippen LogP contribution is 2.17. The van der Waals surface area contributed by atoms with Crippen molar-refractivity contribution in [3.05, 3.63) is 39.9 Å². The first-order valence-electron chi connectivity index (χ1n) is 4.42. The molecular weight excluding hydrogens is 226 g/mol. The second kappa shape index (κ2) is 5.20. The van der Waals surface area contributed by atoms with Gasteiger partial charge in [0.1, 0.15) is 0 Å². The van der Waals surface area contributed by atoms with Crippen molar-refractivity contribution in [3.63, 3.8) is 0 Å². The molecule has 0 aliphatic heterocycles. The second-order valence-corrected chi connectivity index (χ2v) is 3.80. The van der Waals surface area contributed by atoms with Crippen molar-refractivity contribution in [2.45, 2.75) is 13.3 Å². The molecule has 2 N–H and O–H groups in total. The van der Waals surface area contributed by atoms with Crippen molar-refractivity contribution in [2.24, 2.45) is 5.73 Å². The lowest BCUT2D eigenvalue weighted by Crippen LogP contribution is -1.92. The van der Waals surface area contributed by atoms with Gasteiger partial charge < -0.3 is 5.73 Å².